The first kappa shape index (κ1) is 19.1. The maximum atomic E-state index is 12.5. The lowest BCUT2D eigenvalue weighted by Crippen LogP contribution is -2.28. The number of unbranched alkanes of at least 4 members (excludes halogenated alkanes) is 4. The minimum absolute atomic E-state index is 0.128. The van der Waals surface area contributed by atoms with Crippen LogP contribution in [0.25, 0.3) is 11.0 Å². The minimum Gasteiger partial charge on any atom is -0.342 e. The smallest absolute Gasteiger partial charge is 0.253 e. The van der Waals surface area contributed by atoms with E-state index in [0.29, 0.717) is 5.56 Å². The van der Waals surface area contributed by atoms with Crippen molar-refractivity contribution in [3.05, 3.63) is 60.2 Å². The van der Waals surface area contributed by atoms with Crippen LogP contribution in [0.15, 0.2) is 48.8 Å². The number of fused-ring (bicyclic) bond motifs is 1. The summed E-state index contributed by atoms with van der Waals surface area (Å²) in [5.41, 5.74) is 2.67. The molecule has 1 N–H and O–H groups in total. The van der Waals surface area contributed by atoms with E-state index in [0.717, 1.165) is 29.8 Å². The molecule has 1 amide bonds. The summed E-state index contributed by atoms with van der Waals surface area (Å²) in [6.45, 7) is 5.14. The fraction of sp³-hybridized carbons (Fsp3) is 0.409. The van der Waals surface area contributed by atoms with Gasteiger partial charge in [-0.15, -0.1) is 0 Å². The first-order valence-electron chi connectivity index (χ1n) is 9.86. The number of amides is 1. The van der Waals surface area contributed by atoms with Gasteiger partial charge in [0.2, 0.25) is 0 Å². The molecule has 1 aromatic carbocycles. The van der Waals surface area contributed by atoms with E-state index in [1.165, 1.54) is 25.7 Å². The summed E-state index contributed by atoms with van der Waals surface area (Å²) in [4.78, 5) is 21.3. The standard InChI is InChI=1S/C22H28N4O/c1-3-4-5-6-9-15-26-20-13-8-7-12-19(20)25-21(26)17(2)24-22(27)18-11-10-14-23-16-18/h7-8,10-14,16-17H,3-6,9,15H2,1-2H3,(H,24,27). The largest absolute Gasteiger partial charge is 0.342 e. The first-order valence-corrected chi connectivity index (χ1v) is 9.86. The highest BCUT2D eigenvalue weighted by atomic mass is 16.1. The molecule has 1 atom stereocenters. The van der Waals surface area contributed by atoms with Crippen LogP contribution in [0.1, 0.15) is 68.2 Å². The molecule has 0 radical (unpaired) electrons. The maximum absolute atomic E-state index is 12.5. The van der Waals surface area contributed by atoms with Gasteiger partial charge in [-0.1, -0.05) is 44.7 Å². The Morgan fingerprint density at radius 2 is 1.93 bits per heavy atom. The van der Waals surface area contributed by atoms with Gasteiger partial charge in [0.1, 0.15) is 5.82 Å². The molecular formula is C22H28N4O. The predicted octanol–water partition coefficient (Wildman–Crippen LogP) is 4.89. The first-order chi connectivity index (χ1) is 13.2. The molecule has 0 bridgehead atoms. The third kappa shape index (κ3) is 4.73. The van der Waals surface area contributed by atoms with Crippen molar-refractivity contribution in [1.29, 1.82) is 0 Å². The summed E-state index contributed by atoms with van der Waals surface area (Å²) in [5.74, 6) is 0.779. The Kier molecular flexibility index (Phi) is 6.58. The highest BCUT2D eigenvalue weighted by Gasteiger charge is 2.18. The number of rotatable bonds is 9. The molecule has 0 aliphatic carbocycles. The molecule has 0 aliphatic rings. The molecule has 0 fully saturated rings. The van der Waals surface area contributed by atoms with Gasteiger partial charge in [0.15, 0.2) is 0 Å². The van der Waals surface area contributed by atoms with Crippen LogP contribution in [0.2, 0.25) is 0 Å². The zero-order valence-electron chi connectivity index (χ0n) is 16.2. The van der Waals surface area contributed by atoms with Crippen molar-refractivity contribution in [3.8, 4) is 0 Å². The monoisotopic (exact) mass is 364 g/mol. The van der Waals surface area contributed by atoms with Crippen molar-refractivity contribution in [2.75, 3.05) is 0 Å². The lowest BCUT2D eigenvalue weighted by molar-refractivity contribution is 0.0937. The summed E-state index contributed by atoms with van der Waals surface area (Å²) < 4.78 is 2.26. The molecule has 3 rings (SSSR count). The van der Waals surface area contributed by atoms with Gasteiger partial charge in [0.05, 0.1) is 22.6 Å². The normalized spacial score (nSPS) is 12.2. The van der Waals surface area contributed by atoms with Gasteiger partial charge in [-0.2, -0.15) is 0 Å². The number of carbonyl (C=O) groups is 1. The van der Waals surface area contributed by atoms with E-state index in [4.69, 9.17) is 4.98 Å². The summed E-state index contributed by atoms with van der Waals surface area (Å²) in [6, 6.07) is 11.5. The quantitative estimate of drug-likeness (QED) is 0.550. The van der Waals surface area contributed by atoms with Crippen molar-refractivity contribution >= 4 is 16.9 Å². The molecule has 142 valence electrons. The minimum atomic E-state index is -0.180. The number of para-hydroxylation sites is 2. The van der Waals surface area contributed by atoms with Crippen molar-refractivity contribution in [3.63, 3.8) is 0 Å². The zero-order valence-corrected chi connectivity index (χ0v) is 16.2. The van der Waals surface area contributed by atoms with Crippen LogP contribution in [-0.2, 0) is 6.54 Å². The maximum Gasteiger partial charge on any atom is 0.253 e. The van der Waals surface area contributed by atoms with Crippen LogP contribution >= 0.6 is 0 Å². The molecule has 5 heteroatoms. The molecule has 0 spiro atoms. The molecular weight excluding hydrogens is 336 g/mol. The highest BCUT2D eigenvalue weighted by Crippen LogP contribution is 2.22. The molecule has 0 aliphatic heterocycles. The number of benzene rings is 1. The van der Waals surface area contributed by atoms with Crippen LogP contribution in [-0.4, -0.2) is 20.4 Å². The lowest BCUT2D eigenvalue weighted by Gasteiger charge is -2.16. The summed E-state index contributed by atoms with van der Waals surface area (Å²) in [5, 5.41) is 3.06. The molecule has 0 saturated heterocycles. The number of hydrogen-bond acceptors (Lipinski definition) is 3. The zero-order chi connectivity index (χ0) is 19.1. The number of aryl methyl sites for hydroxylation is 1. The van der Waals surface area contributed by atoms with Gasteiger partial charge in [-0.3, -0.25) is 9.78 Å². The van der Waals surface area contributed by atoms with Gasteiger partial charge in [0.25, 0.3) is 5.91 Å². The molecule has 0 saturated carbocycles. The Labute approximate surface area is 160 Å². The SMILES string of the molecule is CCCCCCCn1c(C(C)NC(=O)c2cccnc2)nc2ccccc21. The van der Waals surface area contributed by atoms with Crippen LogP contribution in [0.3, 0.4) is 0 Å². The second-order valence-electron chi connectivity index (χ2n) is 6.96. The van der Waals surface area contributed by atoms with Gasteiger partial charge in [0, 0.05) is 18.9 Å². The van der Waals surface area contributed by atoms with Gasteiger partial charge in [-0.25, -0.2) is 4.98 Å². The van der Waals surface area contributed by atoms with E-state index < -0.39 is 0 Å². The van der Waals surface area contributed by atoms with E-state index >= 15 is 0 Å². The fourth-order valence-corrected chi connectivity index (χ4v) is 3.37. The Balaban J connectivity index is 1.77. The molecule has 3 aromatic rings. The third-order valence-electron chi connectivity index (χ3n) is 4.83. The number of imidazole rings is 1. The van der Waals surface area contributed by atoms with E-state index in [1.54, 1.807) is 24.5 Å². The van der Waals surface area contributed by atoms with Crippen molar-refractivity contribution < 1.29 is 4.79 Å². The summed E-state index contributed by atoms with van der Waals surface area (Å²) in [7, 11) is 0. The molecule has 2 heterocycles. The Bertz CT molecular complexity index is 872. The average molecular weight is 364 g/mol. The van der Waals surface area contributed by atoms with E-state index in [-0.39, 0.29) is 11.9 Å². The molecule has 1 unspecified atom stereocenters. The Morgan fingerprint density at radius 3 is 2.70 bits per heavy atom. The van der Waals surface area contributed by atoms with Crippen molar-refractivity contribution in [2.45, 2.75) is 58.5 Å². The average Bonchev–Trinajstić information content (AvgIpc) is 3.07. The number of pyridine rings is 1. The van der Waals surface area contributed by atoms with Crippen LogP contribution < -0.4 is 5.32 Å². The molecule has 5 nitrogen and oxygen atoms in total. The van der Waals surface area contributed by atoms with E-state index in [1.807, 2.05) is 25.1 Å². The Morgan fingerprint density at radius 1 is 1.11 bits per heavy atom. The van der Waals surface area contributed by atoms with E-state index in [9.17, 15) is 4.79 Å². The van der Waals surface area contributed by atoms with Gasteiger partial charge >= 0.3 is 0 Å². The van der Waals surface area contributed by atoms with Crippen LogP contribution in [0.5, 0.6) is 0 Å². The van der Waals surface area contributed by atoms with E-state index in [2.05, 4.69) is 27.9 Å². The Hall–Kier alpha value is -2.69. The topological polar surface area (TPSA) is 59.8 Å². The predicted molar refractivity (Wildman–Crippen MR) is 109 cm³/mol. The summed E-state index contributed by atoms with van der Waals surface area (Å²) in [6.07, 6.45) is 9.39. The van der Waals surface area contributed by atoms with Crippen molar-refractivity contribution in [2.24, 2.45) is 0 Å². The van der Waals surface area contributed by atoms with Crippen LogP contribution in [0, 0.1) is 0 Å². The number of carbonyl (C=O) groups excluding carboxylic acids is 1. The summed E-state index contributed by atoms with van der Waals surface area (Å²) >= 11 is 0. The second-order valence-corrected chi connectivity index (χ2v) is 6.96. The molecule has 27 heavy (non-hydrogen) atoms. The third-order valence-corrected chi connectivity index (χ3v) is 4.83. The number of hydrogen-bond donors (Lipinski definition) is 1. The lowest BCUT2D eigenvalue weighted by atomic mass is 10.1. The fourth-order valence-electron chi connectivity index (χ4n) is 3.37. The van der Waals surface area contributed by atoms with Gasteiger partial charge < -0.3 is 9.88 Å². The van der Waals surface area contributed by atoms with Crippen LogP contribution in [0.4, 0.5) is 0 Å². The number of aromatic nitrogens is 3. The second kappa shape index (κ2) is 9.31. The van der Waals surface area contributed by atoms with Gasteiger partial charge in [-0.05, 0) is 37.6 Å². The van der Waals surface area contributed by atoms with Crippen molar-refractivity contribution in [1.82, 2.24) is 19.9 Å². The molecule has 2 aromatic heterocycles. The number of nitrogens with zero attached hydrogens (tertiary/aromatic N) is 3. The highest BCUT2D eigenvalue weighted by molar-refractivity contribution is 5.94. The number of nitrogens with one attached hydrogen (secondary N) is 1.